The Morgan fingerprint density at radius 1 is 1.07 bits per heavy atom. The van der Waals surface area contributed by atoms with Crippen molar-refractivity contribution in [2.24, 2.45) is 5.92 Å². The molecular weight excluding hydrogens is 536 g/mol. The van der Waals surface area contributed by atoms with E-state index in [9.17, 15) is 19.5 Å². The van der Waals surface area contributed by atoms with Gasteiger partial charge >= 0.3 is 6.03 Å². The monoisotopic (exact) mass is 574 g/mol. The number of rotatable bonds is 9. The molecule has 0 spiro atoms. The summed E-state index contributed by atoms with van der Waals surface area (Å²) in [5, 5.41) is 15.7. The molecule has 0 saturated heterocycles. The molecule has 1 aliphatic rings. The van der Waals surface area contributed by atoms with Gasteiger partial charge in [0.15, 0.2) is 0 Å². The zero-order valence-electron chi connectivity index (χ0n) is 24.4. The minimum Gasteiger partial charge on any atom is -0.497 e. The Hall–Kier alpha value is -4.57. The normalized spacial score (nSPS) is 17.2. The lowest BCUT2D eigenvalue weighted by Gasteiger charge is -2.38. The summed E-state index contributed by atoms with van der Waals surface area (Å²) >= 11 is 0. The first-order valence-electron chi connectivity index (χ1n) is 13.9. The van der Waals surface area contributed by atoms with E-state index in [4.69, 9.17) is 9.47 Å². The fourth-order valence-electron chi connectivity index (χ4n) is 4.75. The average Bonchev–Trinajstić information content (AvgIpc) is 2.99. The lowest BCUT2D eigenvalue weighted by atomic mass is 9.99. The Morgan fingerprint density at radius 2 is 1.76 bits per heavy atom. The minimum absolute atomic E-state index is 0.169. The third-order valence-corrected chi connectivity index (χ3v) is 7.30. The fraction of sp³-hybridized carbons (Fsp3) is 0.344. The van der Waals surface area contributed by atoms with Crippen molar-refractivity contribution in [3.63, 3.8) is 0 Å². The number of benzene rings is 3. The highest BCUT2D eigenvalue weighted by atomic mass is 16.5. The first-order valence-corrected chi connectivity index (χ1v) is 13.9. The maximum absolute atomic E-state index is 13.7. The highest BCUT2D eigenvalue weighted by Crippen LogP contribution is 2.31. The van der Waals surface area contributed by atoms with E-state index < -0.39 is 12.1 Å². The SMILES string of the molecule is COc1ccc(NC(=O)N(C)C[C@H]2Oc3ccc(NC(=O)Cc4ccccc4)cc3C(=O)N([C@@H](C)CO)C[C@@H]2C)cc1. The molecule has 0 unspecified atom stereocenters. The van der Waals surface area contributed by atoms with Crippen LogP contribution in [0.15, 0.2) is 72.8 Å². The number of carbonyl (C=O) groups is 3. The van der Waals surface area contributed by atoms with Gasteiger partial charge in [0.2, 0.25) is 5.91 Å². The number of amides is 4. The number of urea groups is 1. The van der Waals surface area contributed by atoms with E-state index in [2.05, 4.69) is 10.6 Å². The molecule has 4 rings (SSSR count). The van der Waals surface area contributed by atoms with Crippen molar-refractivity contribution in [3.8, 4) is 11.5 Å². The number of anilines is 2. The van der Waals surface area contributed by atoms with Crippen LogP contribution in [0.2, 0.25) is 0 Å². The Labute approximate surface area is 246 Å². The summed E-state index contributed by atoms with van der Waals surface area (Å²) in [5.41, 5.74) is 2.24. The molecule has 10 heteroatoms. The molecule has 1 heterocycles. The third kappa shape index (κ3) is 7.58. The zero-order chi connectivity index (χ0) is 30.2. The van der Waals surface area contributed by atoms with Crippen molar-refractivity contribution in [3.05, 3.63) is 83.9 Å². The lowest BCUT2D eigenvalue weighted by Crippen LogP contribution is -2.50. The van der Waals surface area contributed by atoms with E-state index in [1.54, 1.807) is 68.4 Å². The third-order valence-electron chi connectivity index (χ3n) is 7.30. The van der Waals surface area contributed by atoms with Crippen molar-refractivity contribution < 1.29 is 29.0 Å². The Balaban J connectivity index is 1.53. The standard InChI is InChI=1S/C32H38N4O6/c1-21-18-36(22(2)20-37)31(39)27-17-25(33-30(38)16-23-8-6-5-7-9-23)12-15-28(27)42-29(21)19-35(3)32(40)34-24-10-13-26(41-4)14-11-24/h5-15,17,21-22,29,37H,16,18-20H2,1-4H3,(H,33,38)(H,34,40)/t21-,22-,29+/m0/s1. The second kappa shape index (κ2) is 13.9. The number of aliphatic hydroxyl groups excluding tert-OH is 1. The van der Waals surface area contributed by atoms with E-state index in [1.165, 1.54) is 4.90 Å². The second-order valence-electron chi connectivity index (χ2n) is 10.6. The smallest absolute Gasteiger partial charge is 0.321 e. The summed E-state index contributed by atoms with van der Waals surface area (Å²) in [6.07, 6.45) is -0.268. The summed E-state index contributed by atoms with van der Waals surface area (Å²) in [5.74, 6) is 0.347. The molecule has 222 valence electrons. The van der Waals surface area contributed by atoms with Crippen LogP contribution >= 0.6 is 0 Å². The minimum atomic E-state index is -0.463. The van der Waals surface area contributed by atoms with Crippen LogP contribution in [0.1, 0.15) is 29.8 Å². The molecule has 4 amide bonds. The van der Waals surface area contributed by atoms with Crippen LogP contribution in [0.4, 0.5) is 16.2 Å². The van der Waals surface area contributed by atoms with Crippen LogP contribution < -0.4 is 20.1 Å². The van der Waals surface area contributed by atoms with Crippen LogP contribution in [0.5, 0.6) is 11.5 Å². The maximum Gasteiger partial charge on any atom is 0.321 e. The van der Waals surface area contributed by atoms with Gasteiger partial charge in [-0.25, -0.2) is 4.79 Å². The number of methoxy groups -OCH3 is 1. The summed E-state index contributed by atoms with van der Waals surface area (Å²) in [6.45, 7) is 4.07. The molecule has 1 aliphatic heterocycles. The summed E-state index contributed by atoms with van der Waals surface area (Å²) in [7, 11) is 3.26. The van der Waals surface area contributed by atoms with Crippen molar-refractivity contribution in [2.75, 3.05) is 44.5 Å². The van der Waals surface area contributed by atoms with Crippen molar-refractivity contribution in [2.45, 2.75) is 32.4 Å². The van der Waals surface area contributed by atoms with Gasteiger partial charge in [-0.3, -0.25) is 9.59 Å². The zero-order valence-corrected chi connectivity index (χ0v) is 24.4. The van der Waals surface area contributed by atoms with Gasteiger partial charge in [0.1, 0.15) is 17.6 Å². The largest absolute Gasteiger partial charge is 0.497 e. The van der Waals surface area contributed by atoms with Gasteiger partial charge in [-0.05, 0) is 55.0 Å². The molecule has 0 fully saturated rings. The van der Waals surface area contributed by atoms with Crippen molar-refractivity contribution in [1.82, 2.24) is 9.80 Å². The number of fused-ring (bicyclic) bond motifs is 1. The summed E-state index contributed by atoms with van der Waals surface area (Å²) in [6, 6.07) is 20.6. The summed E-state index contributed by atoms with van der Waals surface area (Å²) < 4.78 is 11.5. The molecule has 0 radical (unpaired) electrons. The van der Waals surface area contributed by atoms with Gasteiger partial charge in [0, 0.05) is 30.9 Å². The molecule has 0 bridgehead atoms. The first-order chi connectivity index (χ1) is 20.2. The number of ether oxygens (including phenoxy) is 2. The number of nitrogens with zero attached hydrogens (tertiary/aromatic N) is 2. The Bertz CT molecular complexity index is 1380. The number of hydrogen-bond donors (Lipinski definition) is 3. The van der Waals surface area contributed by atoms with E-state index in [0.29, 0.717) is 29.4 Å². The molecule has 0 aliphatic carbocycles. The van der Waals surface area contributed by atoms with E-state index >= 15 is 0 Å². The quantitative estimate of drug-likeness (QED) is 0.351. The van der Waals surface area contributed by atoms with Crippen LogP contribution in [0.25, 0.3) is 0 Å². The maximum atomic E-state index is 13.7. The molecule has 42 heavy (non-hydrogen) atoms. The predicted molar refractivity (Wildman–Crippen MR) is 161 cm³/mol. The molecule has 3 aromatic rings. The number of nitrogens with one attached hydrogen (secondary N) is 2. The molecule has 0 saturated carbocycles. The molecule has 10 nitrogen and oxygen atoms in total. The Kier molecular flexibility index (Phi) is 10.0. The van der Waals surface area contributed by atoms with Crippen LogP contribution in [0.3, 0.4) is 0 Å². The van der Waals surface area contributed by atoms with Gasteiger partial charge in [0.25, 0.3) is 5.91 Å². The molecule has 3 N–H and O–H groups in total. The fourth-order valence-corrected chi connectivity index (χ4v) is 4.75. The second-order valence-corrected chi connectivity index (χ2v) is 10.6. The van der Waals surface area contributed by atoms with E-state index in [1.807, 2.05) is 37.3 Å². The number of carbonyl (C=O) groups excluding carboxylic acids is 3. The topological polar surface area (TPSA) is 120 Å². The van der Waals surface area contributed by atoms with Gasteiger partial charge in [-0.2, -0.15) is 0 Å². The highest BCUT2D eigenvalue weighted by molar-refractivity contribution is 6.00. The summed E-state index contributed by atoms with van der Waals surface area (Å²) in [4.78, 5) is 42.5. The number of hydrogen-bond acceptors (Lipinski definition) is 6. The molecule has 3 atom stereocenters. The van der Waals surface area contributed by atoms with Crippen molar-refractivity contribution in [1.29, 1.82) is 0 Å². The molecule has 3 aromatic carbocycles. The highest BCUT2D eigenvalue weighted by Gasteiger charge is 2.34. The predicted octanol–water partition coefficient (Wildman–Crippen LogP) is 4.26. The number of aliphatic hydroxyl groups is 1. The van der Waals surface area contributed by atoms with Crippen LogP contribution in [0, 0.1) is 5.92 Å². The van der Waals surface area contributed by atoms with Gasteiger partial charge in [-0.1, -0.05) is 37.3 Å². The van der Waals surface area contributed by atoms with Gasteiger partial charge in [-0.15, -0.1) is 0 Å². The van der Waals surface area contributed by atoms with Crippen LogP contribution in [-0.2, 0) is 11.2 Å². The van der Waals surface area contributed by atoms with Gasteiger partial charge in [0.05, 0.1) is 38.3 Å². The van der Waals surface area contributed by atoms with E-state index in [-0.39, 0.29) is 48.9 Å². The molecule has 0 aromatic heterocycles. The Morgan fingerprint density at radius 3 is 2.43 bits per heavy atom. The van der Waals surface area contributed by atoms with Crippen molar-refractivity contribution >= 4 is 29.2 Å². The first kappa shape index (κ1) is 30.4. The van der Waals surface area contributed by atoms with E-state index in [0.717, 1.165) is 5.56 Å². The lowest BCUT2D eigenvalue weighted by molar-refractivity contribution is -0.115. The van der Waals surface area contributed by atoms with Crippen LogP contribution in [-0.4, -0.2) is 78.8 Å². The van der Waals surface area contributed by atoms with Gasteiger partial charge < -0.3 is 35.0 Å². The molecular formula is C32H38N4O6. The average molecular weight is 575 g/mol. The number of likely N-dealkylation sites (N-methyl/N-ethyl adjacent to an activating group) is 1.